The maximum absolute atomic E-state index is 13.2. The van der Waals surface area contributed by atoms with Crippen LogP contribution < -0.4 is 9.47 Å². The van der Waals surface area contributed by atoms with E-state index in [2.05, 4.69) is 5.29 Å². The predicted octanol–water partition coefficient (Wildman–Crippen LogP) is 2.21. The fraction of sp³-hybridized carbons (Fsp3) is 0.273. The highest BCUT2D eigenvalue weighted by Gasteiger charge is 2.48. The minimum Gasteiger partial charge on any atom is -0.454 e. The normalized spacial score (nSPS) is 22.0. The van der Waals surface area contributed by atoms with Crippen molar-refractivity contribution in [2.45, 2.75) is 18.5 Å². The molecule has 0 spiro atoms. The molecule has 31 heavy (non-hydrogen) atoms. The first-order valence-electron chi connectivity index (χ1n) is 10.00. The van der Waals surface area contributed by atoms with Gasteiger partial charge in [0.15, 0.2) is 11.5 Å². The summed E-state index contributed by atoms with van der Waals surface area (Å²) in [7, 11) is 1.64. The average molecular weight is 418 g/mol. The van der Waals surface area contributed by atoms with E-state index in [1.807, 2.05) is 36.4 Å². The topological polar surface area (TPSA) is 93.4 Å². The van der Waals surface area contributed by atoms with E-state index in [0.29, 0.717) is 29.1 Å². The van der Waals surface area contributed by atoms with Crippen molar-refractivity contribution in [2.24, 2.45) is 5.29 Å². The average Bonchev–Trinajstić information content (AvgIpc) is 3.37. The summed E-state index contributed by atoms with van der Waals surface area (Å²) < 4.78 is 12.3. The van der Waals surface area contributed by atoms with Crippen molar-refractivity contribution in [3.8, 4) is 11.5 Å². The number of likely N-dealkylation sites (N-methyl/N-ethyl adjacent to an activating group) is 1. The van der Waals surface area contributed by atoms with Crippen LogP contribution in [-0.2, 0) is 16.0 Å². The van der Waals surface area contributed by atoms with Gasteiger partial charge in [0.25, 0.3) is 0 Å². The number of nitrogens with zero attached hydrogens (tertiary/aromatic N) is 4. The second-order valence-electron chi connectivity index (χ2n) is 8.00. The number of hydrogen-bond donors (Lipinski definition) is 0. The Bertz CT molecular complexity index is 1280. The van der Waals surface area contributed by atoms with Crippen LogP contribution in [-0.4, -0.2) is 52.7 Å². The minimum absolute atomic E-state index is 0.0134. The fourth-order valence-electron chi connectivity index (χ4n) is 5.04. The minimum atomic E-state index is -0.654. The van der Waals surface area contributed by atoms with Gasteiger partial charge >= 0.3 is 0 Å². The molecule has 2 aromatic carbocycles. The van der Waals surface area contributed by atoms with Gasteiger partial charge in [-0.2, -0.15) is 4.68 Å². The molecule has 4 heterocycles. The summed E-state index contributed by atoms with van der Waals surface area (Å²) in [6, 6.07) is 11.6. The zero-order chi connectivity index (χ0) is 21.3. The highest BCUT2D eigenvalue weighted by molar-refractivity contribution is 5.97. The van der Waals surface area contributed by atoms with E-state index < -0.39 is 12.1 Å². The van der Waals surface area contributed by atoms with Crippen LogP contribution >= 0.6 is 0 Å². The standard InChI is InChI=1S/C22H18N4O5/c1-24-10-19(27)25-16(22(24)28)9-14-13-4-2-3-5-15(13)26(23-29)21(14)20(25)12-6-7-17-18(8-12)31-11-30-17/h2-8,16,20H,9-11H2,1H3/t16-,20-/m1/s1. The summed E-state index contributed by atoms with van der Waals surface area (Å²) in [4.78, 5) is 41.3. The number of hydrogen-bond acceptors (Lipinski definition) is 6. The van der Waals surface area contributed by atoms with Crippen LogP contribution in [0.5, 0.6) is 11.5 Å². The van der Waals surface area contributed by atoms with Crippen molar-refractivity contribution < 1.29 is 19.1 Å². The van der Waals surface area contributed by atoms with Crippen molar-refractivity contribution in [3.05, 3.63) is 64.2 Å². The Morgan fingerprint density at radius 1 is 1.06 bits per heavy atom. The maximum atomic E-state index is 13.2. The van der Waals surface area contributed by atoms with Gasteiger partial charge in [0.2, 0.25) is 18.6 Å². The molecule has 3 aromatic rings. The van der Waals surface area contributed by atoms with Crippen LogP contribution in [0, 0.1) is 4.91 Å². The first-order valence-corrected chi connectivity index (χ1v) is 10.00. The van der Waals surface area contributed by atoms with Crippen LogP contribution in [0.1, 0.15) is 22.9 Å². The largest absolute Gasteiger partial charge is 0.454 e. The van der Waals surface area contributed by atoms with Crippen LogP contribution in [0.3, 0.4) is 0 Å². The van der Waals surface area contributed by atoms with Gasteiger partial charge in [0.1, 0.15) is 12.1 Å². The number of nitroso groups, excluding NO2 is 1. The summed E-state index contributed by atoms with van der Waals surface area (Å²) in [5.74, 6) is 0.886. The van der Waals surface area contributed by atoms with Gasteiger partial charge in [-0.15, -0.1) is 4.91 Å². The molecule has 1 aromatic heterocycles. The monoisotopic (exact) mass is 418 g/mol. The molecule has 0 saturated carbocycles. The Hall–Kier alpha value is -3.88. The van der Waals surface area contributed by atoms with Gasteiger partial charge < -0.3 is 19.3 Å². The van der Waals surface area contributed by atoms with Gasteiger partial charge in [0, 0.05) is 18.9 Å². The summed E-state index contributed by atoms with van der Waals surface area (Å²) in [6.45, 7) is 0.111. The Labute approximate surface area is 176 Å². The third-order valence-electron chi connectivity index (χ3n) is 6.38. The lowest BCUT2D eigenvalue weighted by molar-refractivity contribution is -0.157. The molecule has 0 radical (unpaired) electrons. The number of carbonyl (C=O) groups is 2. The molecule has 9 heteroatoms. The number of ether oxygens (including phenoxy) is 2. The fourth-order valence-corrected chi connectivity index (χ4v) is 5.04. The molecule has 0 aliphatic carbocycles. The molecule has 0 bridgehead atoms. The second-order valence-corrected chi connectivity index (χ2v) is 8.00. The van der Waals surface area contributed by atoms with Crippen molar-refractivity contribution in [2.75, 3.05) is 20.4 Å². The Morgan fingerprint density at radius 3 is 2.71 bits per heavy atom. The van der Waals surface area contributed by atoms with Gasteiger partial charge in [-0.1, -0.05) is 24.3 Å². The van der Waals surface area contributed by atoms with Crippen LogP contribution in [0.15, 0.2) is 47.8 Å². The van der Waals surface area contributed by atoms with Crippen LogP contribution in [0.2, 0.25) is 0 Å². The van der Waals surface area contributed by atoms with Crippen LogP contribution in [0.4, 0.5) is 0 Å². The molecule has 9 nitrogen and oxygen atoms in total. The number of carbonyl (C=O) groups excluding carboxylic acids is 2. The first-order chi connectivity index (χ1) is 15.1. The SMILES string of the molecule is CN1CC(=O)N2[C@H](c3ccc4c(c3)OCO4)c3c(c4ccccc4n3N=O)C[C@@H]2C1=O. The lowest BCUT2D eigenvalue weighted by Gasteiger charge is -2.46. The van der Waals surface area contributed by atoms with Crippen molar-refractivity contribution >= 4 is 22.7 Å². The molecule has 2 amide bonds. The molecule has 1 fully saturated rings. The number of fused-ring (bicyclic) bond motifs is 5. The van der Waals surface area contributed by atoms with E-state index in [9.17, 15) is 14.5 Å². The quantitative estimate of drug-likeness (QED) is 0.595. The van der Waals surface area contributed by atoms with E-state index in [1.165, 1.54) is 9.58 Å². The summed E-state index contributed by atoms with van der Waals surface area (Å²) in [6.07, 6.45) is 0.328. The number of para-hydroxylation sites is 1. The lowest BCUT2D eigenvalue weighted by Crippen LogP contribution is -2.62. The molecule has 3 aliphatic rings. The van der Waals surface area contributed by atoms with E-state index in [1.54, 1.807) is 18.0 Å². The summed E-state index contributed by atoms with van der Waals surface area (Å²) in [5, 5.41) is 4.15. The van der Waals surface area contributed by atoms with E-state index >= 15 is 0 Å². The molecule has 2 atom stereocenters. The number of benzene rings is 2. The van der Waals surface area contributed by atoms with E-state index in [-0.39, 0.29) is 25.2 Å². The highest BCUT2D eigenvalue weighted by atomic mass is 16.7. The zero-order valence-electron chi connectivity index (χ0n) is 16.6. The van der Waals surface area contributed by atoms with Gasteiger partial charge in [0.05, 0.1) is 23.0 Å². The predicted molar refractivity (Wildman–Crippen MR) is 110 cm³/mol. The Kier molecular flexibility index (Phi) is 3.65. The van der Waals surface area contributed by atoms with E-state index in [0.717, 1.165) is 16.5 Å². The number of piperazine rings is 1. The number of amides is 2. The second kappa shape index (κ2) is 6.31. The molecular formula is C22H18N4O5. The van der Waals surface area contributed by atoms with Gasteiger partial charge in [-0.25, -0.2) is 0 Å². The third-order valence-corrected chi connectivity index (χ3v) is 6.38. The molecule has 0 unspecified atom stereocenters. The van der Waals surface area contributed by atoms with Gasteiger partial charge in [-0.3, -0.25) is 9.59 Å². The highest BCUT2D eigenvalue weighted by Crippen LogP contribution is 2.46. The smallest absolute Gasteiger partial charge is 0.245 e. The summed E-state index contributed by atoms with van der Waals surface area (Å²) in [5.41, 5.74) is 2.85. The third kappa shape index (κ3) is 2.37. The molecule has 1 saturated heterocycles. The van der Waals surface area contributed by atoms with E-state index in [4.69, 9.17) is 9.47 Å². The first kappa shape index (κ1) is 17.9. The van der Waals surface area contributed by atoms with Crippen LogP contribution in [0.25, 0.3) is 10.9 Å². The Balaban J connectivity index is 1.65. The Morgan fingerprint density at radius 2 is 1.87 bits per heavy atom. The van der Waals surface area contributed by atoms with Crippen molar-refractivity contribution in [3.63, 3.8) is 0 Å². The number of rotatable bonds is 2. The summed E-state index contributed by atoms with van der Waals surface area (Å²) >= 11 is 0. The zero-order valence-corrected chi connectivity index (χ0v) is 16.6. The number of aromatic nitrogens is 1. The molecular weight excluding hydrogens is 400 g/mol. The molecule has 6 rings (SSSR count). The van der Waals surface area contributed by atoms with Crippen molar-refractivity contribution in [1.82, 2.24) is 14.5 Å². The maximum Gasteiger partial charge on any atom is 0.245 e. The molecule has 3 aliphatic heterocycles. The molecule has 156 valence electrons. The van der Waals surface area contributed by atoms with Gasteiger partial charge in [-0.05, 0) is 29.3 Å². The molecule has 0 N–H and O–H groups in total. The van der Waals surface area contributed by atoms with Crippen molar-refractivity contribution in [1.29, 1.82) is 0 Å². The lowest BCUT2D eigenvalue weighted by atomic mass is 9.86.